The van der Waals surface area contributed by atoms with E-state index in [2.05, 4.69) is 29.2 Å². The van der Waals surface area contributed by atoms with E-state index in [1.54, 1.807) is 23.5 Å². The molecule has 0 spiro atoms. The lowest BCUT2D eigenvalue weighted by Gasteiger charge is -2.32. The van der Waals surface area contributed by atoms with Gasteiger partial charge >= 0.3 is 0 Å². The van der Waals surface area contributed by atoms with Gasteiger partial charge in [-0.15, -0.1) is 0 Å². The number of aryl methyl sites for hydroxylation is 2. The van der Waals surface area contributed by atoms with Crippen LogP contribution in [0.3, 0.4) is 0 Å². The number of hydrogen-bond donors (Lipinski definition) is 0. The van der Waals surface area contributed by atoms with Crippen molar-refractivity contribution >= 4 is 21.6 Å². The van der Waals surface area contributed by atoms with Crippen LogP contribution in [-0.2, 0) is 32.4 Å². The molecule has 1 saturated heterocycles. The van der Waals surface area contributed by atoms with Crippen LogP contribution >= 0.6 is 0 Å². The normalized spacial score (nSPS) is 16.6. The van der Waals surface area contributed by atoms with E-state index < -0.39 is 10.0 Å². The van der Waals surface area contributed by atoms with Gasteiger partial charge in [0.15, 0.2) is 0 Å². The second-order valence-corrected chi connectivity index (χ2v) is 11.3. The monoisotopic (exact) mass is 499 g/mol. The van der Waals surface area contributed by atoms with Crippen LogP contribution in [0.2, 0.25) is 0 Å². The summed E-state index contributed by atoms with van der Waals surface area (Å²) >= 11 is 0. The maximum absolute atomic E-state index is 13.4. The van der Waals surface area contributed by atoms with Crippen LogP contribution in [0.4, 0.5) is 5.69 Å². The van der Waals surface area contributed by atoms with Crippen molar-refractivity contribution in [2.45, 2.75) is 43.4 Å². The number of nitrogens with zero attached hydrogens (tertiary/aromatic N) is 3. The molecule has 1 amide bonds. The molecule has 35 heavy (non-hydrogen) atoms. The molecule has 2 heterocycles. The van der Waals surface area contributed by atoms with Crippen LogP contribution in [0.5, 0.6) is 0 Å². The summed E-state index contributed by atoms with van der Waals surface area (Å²) in [5, 5.41) is 0. The molecule has 2 aliphatic heterocycles. The number of sulfonamides is 1. The summed E-state index contributed by atoms with van der Waals surface area (Å²) in [5.41, 5.74) is 3.09. The third-order valence-electron chi connectivity index (χ3n) is 6.93. The predicted octanol–water partition coefficient (Wildman–Crippen LogP) is 3.33. The lowest BCUT2D eigenvalue weighted by molar-refractivity contribution is -0.120. The van der Waals surface area contributed by atoms with Crippen molar-refractivity contribution in [3.05, 3.63) is 59.7 Å². The highest BCUT2D eigenvalue weighted by Gasteiger charge is 2.30. The number of methoxy groups -OCH3 is 1. The molecule has 0 atom stereocenters. The average molecular weight is 500 g/mol. The quantitative estimate of drug-likeness (QED) is 0.474. The minimum atomic E-state index is -3.46. The Balaban J connectivity index is 1.42. The number of carbonyl (C=O) groups excluding carboxylic acids is 1. The fourth-order valence-electron chi connectivity index (χ4n) is 4.99. The van der Waals surface area contributed by atoms with E-state index in [0.29, 0.717) is 44.2 Å². The Kier molecular flexibility index (Phi) is 8.94. The Morgan fingerprint density at radius 1 is 1.00 bits per heavy atom. The summed E-state index contributed by atoms with van der Waals surface area (Å²) in [5.74, 6) is 0.0527. The molecule has 0 aliphatic carbocycles. The number of amides is 1. The molecule has 0 N–H and O–H groups in total. The topological polar surface area (TPSA) is 70.2 Å². The van der Waals surface area contributed by atoms with Gasteiger partial charge in [0.2, 0.25) is 15.9 Å². The molecule has 0 saturated carbocycles. The molecule has 1 fully saturated rings. The third kappa shape index (κ3) is 6.50. The van der Waals surface area contributed by atoms with E-state index in [1.165, 1.54) is 5.56 Å². The van der Waals surface area contributed by atoms with Crippen molar-refractivity contribution in [1.82, 2.24) is 9.21 Å². The first-order chi connectivity index (χ1) is 17.0. The largest absolute Gasteiger partial charge is 0.383 e. The first-order valence-corrected chi connectivity index (χ1v) is 14.1. The number of benzene rings is 2. The number of fused-ring (bicyclic) bond motifs is 1. The van der Waals surface area contributed by atoms with E-state index in [0.717, 1.165) is 56.3 Å². The van der Waals surface area contributed by atoms with Gasteiger partial charge in [-0.3, -0.25) is 9.69 Å². The van der Waals surface area contributed by atoms with Gasteiger partial charge in [-0.25, -0.2) is 8.42 Å². The van der Waals surface area contributed by atoms with E-state index in [1.807, 2.05) is 17.0 Å². The number of carbonyl (C=O) groups is 1. The lowest BCUT2D eigenvalue weighted by atomic mass is 10.0. The van der Waals surface area contributed by atoms with Gasteiger partial charge in [0.25, 0.3) is 0 Å². The Labute approximate surface area is 209 Å². The second-order valence-electron chi connectivity index (χ2n) is 9.41. The van der Waals surface area contributed by atoms with E-state index >= 15 is 0 Å². The molecule has 0 bridgehead atoms. The number of hydrogen-bond acceptors (Lipinski definition) is 5. The Morgan fingerprint density at radius 3 is 2.51 bits per heavy atom. The first-order valence-electron chi connectivity index (χ1n) is 12.7. The molecular weight excluding hydrogens is 462 g/mol. The summed E-state index contributed by atoms with van der Waals surface area (Å²) in [7, 11) is -1.79. The van der Waals surface area contributed by atoms with Gasteiger partial charge in [-0.2, -0.15) is 4.31 Å². The van der Waals surface area contributed by atoms with Crippen molar-refractivity contribution in [2.24, 2.45) is 0 Å². The highest BCUT2D eigenvalue weighted by atomic mass is 32.2. The van der Waals surface area contributed by atoms with Gasteiger partial charge in [0.05, 0.1) is 18.0 Å². The van der Waals surface area contributed by atoms with Gasteiger partial charge < -0.3 is 9.64 Å². The molecule has 0 aromatic heterocycles. The SMILES string of the molecule is COCCN(CCCc1ccccc1)CC(=O)N1CCCc2cc(S(=O)(=O)N3CCCC3)ccc21. The van der Waals surface area contributed by atoms with Crippen LogP contribution in [0, 0.1) is 0 Å². The highest BCUT2D eigenvalue weighted by molar-refractivity contribution is 7.89. The van der Waals surface area contributed by atoms with Crippen LogP contribution in [0.15, 0.2) is 53.4 Å². The number of rotatable bonds is 11. The molecule has 2 aliphatic rings. The fourth-order valence-corrected chi connectivity index (χ4v) is 6.56. The molecule has 190 valence electrons. The maximum atomic E-state index is 13.4. The van der Waals surface area contributed by atoms with E-state index in [4.69, 9.17) is 4.74 Å². The van der Waals surface area contributed by atoms with Crippen molar-refractivity contribution in [3.63, 3.8) is 0 Å². The fraction of sp³-hybridized carbons (Fsp3) is 0.519. The summed E-state index contributed by atoms with van der Waals surface area (Å²) in [4.78, 5) is 17.7. The van der Waals surface area contributed by atoms with Crippen LogP contribution < -0.4 is 4.90 Å². The summed E-state index contributed by atoms with van der Waals surface area (Å²) in [6.45, 7) is 4.25. The minimum absolute atomic E-state index is 0.0527. The highest BCUT2D eigenvalue weighted by Crippen LogP contribution is 2.31. The van der Waals surface area contributed by atoms with Crippen LogP contribution in [0.1, 0.15) is 36.8 Å². The van der Waals surface area contributed by atoms with Crippen molar-refractivity contribution in [2.75, 3.05) is 57.9 Å². The summed E-state index contributed by atoms with van der Waals surface area (Å²) in [6, 6.07) is 15.7. The standard InChI is InChI=1S/C27H37N3O4S/c1-34-20-19-28(15-7-11-23-9-3-2-4-10-23)22-27(31)30-18-8-12-24-21-25(13-14-26(24)30)35(32,33)29-16-5-6-17-29/h2-4,9-10,13-14,21H,5-8,11-12,15-20,22H2,1H3. The number of anilines is 1. The predicted molar refractivity (Wildman–Crippen MR) is 138 cm³/mol. The molecular formula is C27H37N3O4S. The zero-order chi connectivity index (χ0) is 24.7. The average Bonchev–Trinajstić information content (AvgIpc) is 3.43. The zero-order valence-electron chi connectivity index (χ0n) is 20.7. The molecule has 2 aromatic rings. The van der Waals surface area contributed by atoms with E-state index in [-0.39, 0.29) is 5.91 Å². The minimum Gasteiger partial charge on any atom is -0.383 e. The summed E-state index contributed by atoms with van der Waals surface area (Å²) in [6.07, 6.45) is 5.38. The van der Waals surface area contributed by atoms with Gasteiger partial charge in [-0.05, 0) is 74.4 Å². The van der Waals surface area contributed by atoms with Gasteiger partial charge in [0, 0.05) is 39.0 Å². The zero-order valence-corrected chi connectivity index (χ0v) is 21.5. The van der Waals surface area contributed by atoms with Crippen LogP contribution in [-0.4, -0.2) is 76.5 Å². The second kappa shape index (κ2) is 12.1. The smallest absolute Gasteiger partial charge is 0.243 e. The number of ether oxygens (including phenoxy) is 1. The van der Waals surface area contributed by atoms with E-state index in [9.17, 15) is 13.2 Å². The third-order valence-corrected chi connectivity index (χ3v) is 8.82. The molecule has 8 heteroatoms. The first kappa shape index (κ1) is 25.8. The molecule has 7 nitrogen and oxygen atoms in total. The van der Waals surface area contributed by atoms with Crippen LogP contribution in [0.25, 0.3) is 0 Å². The molecule has 4 rings (SSSR count). The Morgan fingerprint density at radius 2 is 1.77 bits per heavy atom. The van der Waals surface area contributed by atoms with Crippen molar-refractivity contribution < 1.29 is 17.9 Å². The molecule has 2 aromatic carbocycles. The molecule has 0 unspecified atom stereocenters. The Hall–Kier alpha value is -2.26. The van der Waals surface area contributed by atoms with Gasteiger partial charge in [-0.1, -0.05) is 30.3 Å². The van der Waals surface area contributed by atoms with Gasteiger partial charge in [0.1, 0.15) is 0 Å². The van der Waals surface area contributed by atoms with Crippen molar-refractivity contribution in [1.29, 1.82) is 0 Å². The maximum Gasteiger partial charge on any atom is 0.243 e. The Bertz CT molecular complexity index is 1080. The van der Waals surface area contributed by atoms with Crippen molar-refractivity contribution in [3.8, 4) is 0 Å². The lowest BCUT2D eigenvalue weighted by Crippen LogP contribution is -2.44. The molecule has 0 radical (unpaired) electrons. The summed E-state index contributed by atoms with van der Waals surface area (Å²) < 4.78 is 32.9.